The Morgan fingerprint density at radius 2 is 1.36 bits per heavy atom. The maximum Gasteiger partial charge on any atom is 0.414 e. The van der Waals surface area contributed by atoms with Crippen LogP contribution >= 0.6 is 0 Å². The third kappa shape index (κ3) is 12.6. The summed E-state index contributed by atoms with van der Waals surface area (Å²) in [5, 5.41) is 18.2. The van der Waals surface area contributed by atoms with E-state index in [-0.39, 0.29) is 11.3 Å². The Morgan fingerprint density at radius 3 is 1.96 bits per heavy atom. The van der Waals surface area contributed by atoms with Crippen LogP contribution in [0.1, 0.15) is 108 Å². The third-order valence-corrected chi connectivity index (χ3v) is 8.43. The van der Waals surface area contributed by atoms with Crippen molar-refractivity contribution in [3.05, 3.63) is 94.7 Å². The normalized spacial score (nSPS) is 10.7. The highest BCUT2D eigenvalue weighted by Crippen LogP contribution is 2.31. The first-order chi connectivity index (χ1) is 25.5. The first-order valence-corrected chi connectivity index (χ1v) is 18.0. The molecule has 12 nitrogen and oxygen atoms in total. The number of carbonyl (C=O) groups is 5. The van der Waals surface area contributed by atoms with E-state index < -0.39 is 23.8 Å². The number of amides is 1. The van der Waals surface area contributed by atoms with Crippen LogP contribution in [0.4, 0.5) is 5.69 Å². The number of carboxylic acid groups (broad SMARTS) is 2. The van der Waals surface area contributed by atoms with Crippen LogP contribution in [0.5, 0.6) is 5.75 Å². The molecule has 0 unspecified atom stereocenters. The summed E-state index contributed by atoms with van der Waals surface area (Å²) < 4.78 is 17.1. The Hall–Kier alpha value is -5.49. The van der Waals surface area contributed by atoms with Gasteiger partial charge in [-0.3, -0.25) is 9.59 Å². The van der Waals surface area contributed by atoms with E-state index >= 15 is 0 Å². The molecule has 3 aromatic carbocycles. The number of rotatable bonds is 19. The summed E-state index contributed by atoms with van der Waals surface area (Å²) in [5.41, 5.74) is 2.44. The molecule has 12 heteroatoms. The maximum absolute atomic E-state index is 14.0. The molecular formula is C41H50N2O10. The second kappa shape index (κ2) is 21.8. The first kappa shape index (κ1) is 41.9. The molecule has 0 aliphatic heterocycles. The summed E-state index contributed by atoms with van der Waals surface area (Å²) in [5.74, 6) is -3.45. The minimum atomic E-state index is -1.82. The van der Waals surface area contributed by atoms with Gasteiger partial charge in [0, 0.05) is 29.5 Å². The Morgan fingerprint density at radius 1 is 0.755 bits per heavy atom. The summed E-state index contributed by atoms with van der Waals surface area (Å²) in [6.45, 7) is 10.4. The number of fused-ring (bicyclic) bond motifs is 1. The average molecular weight is 731 g/mol. The summed E-state index contributed by atoms with van der Waals surface area (Å²) in [6.07, 6.45) is 8.18. The number of furan rings is 1. The molecule has 0 bridgehead atoms. The fourth-order valence-corrected chi connectivity index (χ4v) is 5.55. The van der Waals surface area contributed by atoms with Gasteiger partial charge in [0.15, 0.2) is 5.78 Å². The summed E-state index contributed by atoms with van der Waals surface area (Å²) in [4.78, 5) is 60.3. The number of hydrogen-bond donors (Lipinski definition) is 3. The Labute approximate surface area is 310 Å². The van der Waals surface area contributed by atoms with Gasteiger partial charge in [0.25, 0.3) is 5.91 Å². The molecule has 0 fully saturated rings. The molecule has 0 aliphatic rings. The summed E-state index contributed by atoms with van der Waals surface area (Å²) >= 11 is 0. The molecule has 0 aliphatic carbocycles. The number of para-hydroxylation sites is 1. The van der Waals surface area contributed by atoms with Gasteiger partial charge in [-0.25, -0.2) is 14.4 Å². The number of carbonyl (C=O) groups excluding carboxylic acids is 3. The zero-order valence-corrected chi connectivity index (χ0v) is 30.9. The van der Waals surface area contributed by atoms with E-state index in [1.165, 1.54) is 32.8 Å². The molecule has 284 valence electrons. The van der Waals surface area contributed by atoms with Gasteiger partial charge in [-0.15, -0.1) is 0 Å². The zero-order valence-electron chi connectivity index (χ0n) is 30.9. The van der Waals surface area contributed by atoms with Gasteiger partial charge in [-0.05, 0) is 93.4 Å². The number of esters is 1. The van der Waals surface area contributed by atoms with E-state index in [1.807, 2.05) is 12.1 Å². The molecule has 1 amide bonds. The first-order valence-electron chi connectivity index (χ1n) is 18.0. The number of methoxy groups -OCH3 is 1. The van der Waals surface area contributed by atoms with Crippen LogP contribution in [0.3, 0.4) is 0 Å². The number of aliphatic carboxylic acids is 2. The quantitative estimate of drug-likeness (QED) is 0.0371. The van der Waals surface area contributed by atoms with E-state index in [0.717, 1.165) is 44.6 Å². The standard InChI is InChI=1S/C39H48N2O6.C2H2O4/c1-5-8-16-35-36(37(42)28-17-20-30(21-18-28)46-26-13-25-41(23-9-6-2)24-10-7-3)32-27-29(19-22-34(32)47-35)38(43)40-33-15-12-11-14-31(33)39(44)45-4;3-1(4)2(5)6/h11-12,14-15,17-22,27H,5-10,13,16,23-26H2,1-4H3,(H,40,43);(H,3,4)(H,5,6). The zero-order chi connectivity index (χ0) is 38.8. The molecule has 1 aromatic heterocycles. The number of hydrogen-bond acceptors (Lipinski definition) is 9. The molecule has 53 heavy (non-hydrogen) atoms. The number of carboxylic acids is 2. The lowest BCUT2D eigenvalue weighted by atomic mass is 9.97. The van der Waals surface area contributed by atoms with E-state index in [1.54, 1.807) is 54.6 Å². The minimum Gasteiger partial charge on any atom is -0.494 e. The Kier molecular flexibility index (Phi) is 17.2. The largest absolute Gasteiger partial charge is 0.494 e. The van der Waals surface area contributed by atoms with Crippen molar-refractivity contribution in [2.24, 2.45) is 0 Å². The topological polar surface area (TPSA) is 173 Å². The number of anilines is 1. The highest BCUT2D eigenvalue weighted by Gasteiger charge is 2.24. The molecule has 4 aromatic rings. The van der Waals surface area contributed by atoms with Crippen molar-refractivity contribution < 1.29 is 48.1 Å². The molecule has 0 spiro atoms. The SMILES string of the molecule is CCCCc1oc2ccc(C(=O)Nc3ccccc3C(=O)OC)cc2c1C(=O)c1ccc(OCCCN(CCCC)CCCC)cc1.O=C(O)C(=O)O. The number of unbranched alkanes of at least 4 members (excludes halogenated alkanes) is 3. The fraction of sp³-hybridized carbons (Fsp3) is 0.390. The smallest absolute Gasteiger partial charge is 0.414 e. The highest BCUT2D eigenvalue weighted by molar-refractivity contribution is 6.27. The van der Waals surface area contributed by atoms with Crippen molar-refractivity contribution in [2.75, 3.05) is 38.7 Å². The van der Waals surface area contributed by atoms with Crippen LogP contribution in [0.25, 0.3) is 11.0 Å². The predicted molar refractivity (Wildman–Crippen MR) is 202 cm³/mol. The molecule has 0 saturated heterocycles. The third-order valence-electron chi connectivity index (χ3n) is 8.43. The summed E-state index contributed by atoms with van der Waals surface area (Å²) in [7, 11) is 1.29. The number of ether oxygens (including phenoxy) is 2. The number of aryl methyl sites for hydroxylation is 1. The molecule has 3 N–H and O–H groups in total. The van der Waals surface area contributed by atoms with E-state index in [2.05, 4.69) is 31.0 Å². The van der Waals surface area contributed by atoms with Gasteiger partial charge in [0.2, 0.25) is 0 Å². The van der Waals surface area contributed by atoms with E-state index in [0.29, 0.717) is 52.1 Å². The van der Waals surface area contributed by atoms with Crippen molar-refractivity contribution >= 4 is 46.3 Å². The van der Waals surface area contributed by atoms with Crippen molar-refractivity contribution in [3.63, 3.8) is 0 Å². The second-order valence-electron chi connectivity index (χ2n) is 12.4. The second-order valence-corrected chi connectivity index (χ2v) is 12.4. The average Bonchev–Trinajstić information content (AvgIpc) is 3.53. The Bertz CT molecular complexity index is 1810. The van der Waals surface area contributed by atoms with Crippen LogP contribution in [0.15, 0.2) is 71.1 Å². The molecule has 1 heterocycles. The molecule has 0 saturated carbocycles. The van der Waals surface area contributed by atoms with Crippen molar-refractivity contribution in [1.29, 1.82) is 0 Å². The van der Waals surface area contributed by atoms with Gasteiger partial charge < -0.3 is 34.3 Å². The van der Waals surface area contributed by atoms with Crippen LogP contribution in [0.2, 0.25) is 0 Å². The highest BCUT2D eigenvalue weighted by atomic mass is 16.5. The number of nitrogens with zero attached hydrogens (tertiary/aromatic N) is 1. The van der Waals surface area contributed by atoms with Crippen LogP contribution in [-0.4, -0.2) is 78.1 Å². The van der Waals surface area contributed by atoms with Crippen molar-refractivity contribution in [3.8, 4) is 5.75 Å². The van der Waals surface area contributed by atoms with Crippen LogP contribution < -0.4 is 10.1 Å². The van der Waals surface area contributed by atoms with Crippen LogP contribution in [-0.2, 0) is 20.7 Å². The van der Waals surface area contributed by atoms with Gasteiger partial charge in [-0.2, -0.15) is 0 Å². The molecular weight excluding hydrogens is 680 g/mol. The summed E-state index contributed by atoms with van der Waals surface area (Å²) in [6, 6.07) is 19.0. The van der Waals surface area contributed by atoms with Crippen molar-refractivity contribution in [1.82, 2.24) is 4.90 Å². The Balaban J connectivity index is 0.00000116. The lowest BCUT2D eigenvalue weighted by Crippen LogP contribution is -2.28. The lowest BCUT2D eigenvalue weighted by Gasteiger charge is -2.21. The van der Waals surface area contributed by atoms with Gasteiger partial charge in [-0.1, -0.05) is 52.2 Å². The number of ketones is 1. The van der Waals surface area contributed by atoms with Crippen molar-refractivity contribution in [2.45, 2.75) is 72.1 Å². The van der Waals surface area contributed by atoms with E-state index in [4.69, 9.17) is 33.7 Å². The fourth-order valence-electron chi connectivity index (χ4n) is 5.55. The number of nitrogens with one attached hydrogen (secondary N) is 1. The minimum absolute atomic E-state index is 0.169. The number of benzene rings is 3. The van der Waals surface area contributed by atoms with Gasteiger partial charge in [0.05, 0.1) is 30.5 Å². The maximum atomic E-state index is 14.0. The molecule has 0 radical (unpaired) electrons. The molecule has 0 atom stereocenters. The van der Waals surface area contributed by atoms with Gasteiger partial charge in [0.1, 0.15) is 17.1 Å². The van der Waals surface area contributed by atoms with Crippen LogP contribution in [0, 0.1) is 0 Å². The predicted octanol–water partition coefficient (Wildman–Crippen LogP) is 7.87. The molecule has 4 rings (SSSR count). The van der Waals surface area contributed by atoms with Gasteiger partial charge >= 0.3 is 17.9 Å². The lowest BCUT2D eigenvalue weighted by molar-refractivity contribution is -0.159. The van der Waals surface area contributed by atoms with E-state index in [9.17, 15) is 14.4 Å². The monoisotopic (exact) mass is 730 g/mol.